The Bertz CT molecular complexity index is 1250. The van der Waals surface area contributed by atoms with Crippen LogP contribution in [-0.2, 0) is 9.47 Å². The lowest BCUT2D eigenvalue weighted by atomic mass is 10.1. The normalized spacial score (nSPS) is 19.2. The first kappa shape index (κ1) is 19.5. The Balaban J connectivity index is 1.47. The van der Waals surface area contributed by atoms with Crippen molar-refractivity contribution < 1.29 is 9.47 Å². The Kier molecular flexibility index (Phi) is 4.88. The molecule has 5 heterocycles. The van der Waals surface area contributed by atoms with Gasteiger partial charge in [0.25, 0.3) is 0 Å². The molecule has 4 aromatic rings. The van der Waals surface area contributed by atoms with Crippen LogP contribution in [0, 0.1) is 6.92 Å². The molecule has 3 aromatic heterocycles. The third-order valence-electron chi connectivity index (χ3n) is 6.28. The summed E-state index contributed by atoms with van der Waals surface area (Å²) in [5, 5.41) is 4.85. The maximum Gasteiger partial charge on any atom is 0.164 e. The van der Waals surface area contributed by atoms with E-state index in [9.17, 15) is 0 Å². The van der Waals surface area contributed by atoms with Gasteiger partial charge in [-0.15, -0.1) is 0 Å². The zero-order valence-corrected chi connectivity index (χ0v) is 18.1. The van der Waals surface area contributed by atoms with Crippen molar-refractivity contribution in [2.24, 2.45) is 0 Å². The third-order valence-corrected chi connectivity index (χ3v) is 6.28. The zero-order chi connectivity index (χ0) is 21.5. The molecule has 164 valence electrons. The van der Waals surface area contributed by atoms with Gasteiger partial charge in [-0.2, -0.15) is 5.10 Å². The molecule has 0 saturated carbocycles. The summed E-state index contributed by atoms with van der Waals surface area (Å²) in [6.45, 7) is 6.68. The molecule has 8 heteroatoms. The molecule has 0 bridgehead atoms. The fourth-order valence-electron chi connectivity index (χ4n) is 4.56. The van der Waals surface area contributed by atoms with Crippen LogP contribution < -0.4 is 4.90 Å². The standard InChI is InChI=1S/C24H26N6O2/c1-17-3-2-4-18(13-17)20-5-7-30(27-20)22-14-21(28-8-11-31-12-9-28)23-24(26-22)29(16-25-23)19-6-10-32-15-19/h2-5,7,13-14,16,19H,6,8-12,15H2,1H3/t19-/m0/s1. The molecular weight excluding hydrogens is 404 g/mol. The molecule has 32 heavy (non-hydrogen) atoms. The van der Waals surface area contributed by atoms with E-state index < -0.39 is 0 Å². The number of aromatic nitrogens is 5. The lowest BCUT2D eigenvalue weighted by molar-refractivity contribution is 0.123. The Morgan fingerprint density at radius 1 is 1.03 bits per heavy atom. The van der Waals surface area contributed by atoms with Gasteiger partial charge in [-0.1, -0.05) is 23.8 Å². The summed E-state index contributed by atoms with van der Waals surface area (Å²) in [6, 6.07) is 12.8. The number of aryl methyl sites for hydroxylation is 1. The number of nitrogens with zero attached hydrogens (tertiary/aromatic N) is 6. The number of rotatable bonds is 4. The van der Waals surface area contributed by atoms with E-state index >= 15 is 0 Å². The van der Waals surface area contributed by atoms with E-state index in [0.717, 1.165) is 73.3 Å². The number of fused-ring (bicyclic) bond motifs is 1. The van der Waals surface area contributed by atoms with Gasteiger partial charge in [0.15, 0.2) is 11.5 Å². The summed E-state index contributed by atoms with van der Waals surface area (Å²) in [5.41, 5.74) is 6.14. The number of hydrogen-bond donors (Lipinski definition) is 0. The van der Waals surface area contributed by atoms with Gasteiger partial charge < -0.3 is 18.9 Å². The lowest BCUT2D eigenvalue weighted by Gasteiger charge is -2.29. The van der Waals surface area contributed by atoms with Crippen LogP contribution in [0.15, 0.2) is 48.9 Å². The summed E-state index contributed by atoms with van der Waals surface area (Å²) in [5.74, 6) is 0.790. The number of benzene rings is 1. The Morgan fingerprint density at radius 2 is 1.94 bits per heavy atom. The number of ether oxygens (including phenoxy) is 2. The first-order valence-corrected chi connectivity index (χ1v) is 11.2. The third kappa shape index (κ3) is 3.45. The first-order chi connectivity index (χ1) is 15.8. The number of imidazole rings is 1. The highest BCUT2D eigenvalue weighted by molar-refractivity contribution is 5.88. The van der Waals surface area contributed by atoms with Crippen LogP contribution in [0.25, 0.3) is 28.2 Å². The molecule has 0 spiro atoms. The summed E-state index contributed by atoms with van der Waals surface area (Å²) in [7, 11) is 0. The molecule has 6 rings (SSSR count). The molecule has 0 radical (unpaired) electrons. The molecule has 0 amide bonds. The highest BCUT2D eigenvalue weighted by atomic mass is 16.5. The fraction of sp³-hybridized carbons (Fsp3) is 0.375. The van der Waals surface area contributed by atoms with Gasteiger partial charge in [0.1, 0.15) is 5.52 Å². The van der Waals surface area contributed by atoms with Crippen molar-refractivity contribution in [3.8, 4) is 17.1 Å². The van der Waals surface area contributed by atoms with Crippen LogP contribution in [0.4, 0.5) is 5.69 Å². The Morgan fingerprint density at radius 3 is 2.75 bits per heavy atom. The minimum Gasteiger partial charge on any atom is -0.379 e. The summed E-state index contributed by atoms with van der Waals surface area (Å²) >= 11 is 0. The molecule has 0 unspecified atom stereocenters. The fourth-order valence-corrected chi connectivity index (χ4v) is 4.56. The highest BCUT2D eigenvalue weighted by Crippen LogP contribution is 2.31. The van der Waals surface area contributed by atoms with Gasteiger partial charge in [-0.25, -0.2) is 14.6 Å². The predicted molar refractivity (Wildman–Crippen MR) is 122 cm³/mol. The second-order valence-electron chi connectivity index (χ2n) is 8.46. The van der Waals surface area contributed by atoms with E-state index in [1.165, 1.54) is 5.56 Å². The maximum atomic E-state index is 5.63. The van der Waals surface area contributed by atoms with E-state index in [0.29, 0.717) is 6.61 Å². The average molecular weight is 431 g/mol. The van der Waals surface area contributed by atoms with Crippen molar-refractivity contribution in [2.75, 3.05) is 44.4 Å². The van der Waals surface area contributed by atoms with Gasteiger partial charge >= 0.3 is 0 Å². The van der Waals surface area contributed by atoms with Gasteiger partial charge in [0.05, 0.1) is 43.6 Å². The van der Waals surface area contributed by atoms with Crippen molar-refractivity contribution in [1.82, 2.24) is 24.3 Å². The van der Waals surface area contributed by atoms with Gasteiger partial charge in [0, 0.05) is 37.5 Å². The van der Waals surface area contributed by atoms with Crippen LogP contribution in [0.2, 0.25) is 0 Å². The van der Waals surface area contributed by atoms with Crippen LogP contribution in [-0.4, -0.2) is 63.8 Å². The van der Waals surface area contributed by atoms with E-state index in [1.807, 2.05) is 23.3 Å². The Hall–Kier alpha value is -3.23. The number of hydrogen-bond acceptors (Lipinski definition) is 6. The molecule has 2 saturated heterocycles. The largest absolute Gasteiger partial charge is 0.379 e. The SMILES string of the molecule is Cc1cccc(-c2ccn(-c3cc(N4CCOCC4)c4ncn([C@H]5CCOC5)c4n3)n2)c1. The molecule has 1 atom stereocenters. The van der Waals surface area contributed by atoms with Gasteiger partial charge in [0.2, 0.25) is 0 Å². The van der Waals surface area contributed by atoms with Crippen LogP contribution in [0.1, 0.15) is 18.0 Å². The monoisotopic (exact) mass is 430 g/mol. The zero-order valence-electron chi connectivity index (χ0n) is 18.1. The van der Waals surface area contributed by atoms with Crippen molar-refractivity contribution in [3.63, 3.8) is 0 Å². The molecular formula is C24H26N6O2. The molecule has 2 aliphatic heterocycles. The maximum absolute atomic E-state index is 5.63. The molecule has 0 N–H and O–H groups in total. The minimum atomic E-state index is 0.265. The summed E-state index contributed by atoms with van der Waals surface area (Å²) in [6.07, 6.45) is 4.86. The van der Waals surface area contributed by atoms with E-state index in [1.54, 1.807) is 0 Å². The molecule has 2 fully saturated rings. The summed E-state index contributed by atoms with van der Waals surface area (Å²) in [4.78, 5) is 12.1. The van der Waals surface area contributed by atoms with Crippen molar-refractivity contribution in [3.05, 3.63) is 54.5 Å². The summed E-state index contributed by atoms with van der Waals surface area (Å²) < 4.78 is 15.2. The molecule has 2 aliphatic rings. The molecule has 8 nitrogen and oxygen atoms in total. The first-order valence-electron chi connectivity index (χ1n) is 11.2. The highest BCUT2D eigenvalue weighted by Gasteiger charge is 2.24. The molecule has 1 aromatic carbocycles. The lowest BCUT2D eigenvalue weighted by Crippen LogP contribution is -2.36. The van der Waals surface area contributed by atoms with Crippen LogP contribution in [0.5, 0.6) is 0 Å². The van der Waals surface area contributed by atoms with Crippen molar-refractivity contribution in [1.29, 1.82) is 0 Å². The number of pyridine rings is 1. The Labute approximate surface area is 186 Å². The minimum absolute atomic E-state index is 0.265. The van der Waals surface area contributed by atoms with E-state index in [-0.39, 0.29) is 6.04 Å². The number of morpholine rings is 1. The van der Waals surface area contributed by atoms with Gasteiger partial charge in [-0.3, -0.25) is 0 Å². The van der Waals surface area contributed by atoms with E-state index in [4.69, 9.17) is 24.5 Å². The second kappa shape index (κ2) is 8.03. The topological polar surface area (TPSA) is 70.2 Å². The smallest absolute Gasteiger partial charge is 0.164 e. The van der Waals surface area contributed by atoms with Crippen LogP contribution >= 0.6 is 0 Å². The van der Waals surface area contributed by atoms with E-state index in [2.05, 4.69) is 46.7 Å². The average Bonchev–Trinajstić information content (AvgIpc) is 3.59. The van der Waals surface area contributed by atoms with Crippen molar-refractivity contribution >= 4 is 16.9 Å². The van der Waals surface area contributed by atoms with Crippen LogP contribution in [0.3, 0.4) is 0 Å². The molecule has 0 aliphatic carbocycles. The predicted octanol–water partition coefficient (Wildman–Crippen LogP) is 3.39. The quantitative estimate of drug-likeness (QED) is 0.494. The van der Waals surface area contributed by atoms with Gasteiger partial charge in [-0.05, 0) is 25.5 Å². The second-order valence-corrected chi connectivity index (χ2v) is 8.46. The van der Waals surface area contributed by atoms with Crippen molar-refractivity contribution in [2.45, 2.75) is 19.4 Å². The number of anilines is 1.